The Morgan fingerprint density at radius 2 is 2.22 bits per heavy atom. The number of nitrogens with zero attached hydrogens (tertiary/aromatic N) is 2. The number of hydrogen-bond donors (Lipinski definition) is 2. The van der Waals surface area contributed by atoms with Crippen LogP contribution < -0.4 is 11.1 Å². The topological polar surface area (TPSA) is 80.9 Å². The number of anilines is 1. The lowest BCUT2D eigenvalue weighted by Crippen LogP contribution is -2.23. The largest absolute Gasteiger partial charge is 0.399 e. The lowest BCUT2D eigenvalue weighted by molar-refractivity contribution is 0.0950. The molecule has 2 rings (SSSR count). The zero-order valence-corrected chi connectivity index (χ0v) is 10.2. The van der Waals surface area contributed by atoms with Crippen LogP contribution in [0.2, 0.25) is 5.02 Å². The van der Waals surface area contributed by atoms with Crippen molar-refractivity contribution < 1.29 is 4.79 Å². The van der Waals surface area contributed by atoms with Gasteiger partial charge in [0, 0.05) is 22.5 Å². The Morgan fingerprint density at radius 3 is 2.89 bits per heavy atom. The molecule has 3 N–H and O–H groups in total. The van der Waals surface area contributed by atoms with Gasteiger partial charge in [-0.1, -0.05) is 11.6 Å². The van der Waals surface area contributed by atoms with Crippen LogP contribution >= 0.6 is 11.6 Å². The number of carbonyl (C=O) groups excluding carboxylic acids is 1. The summed E-state index contributed by atoms with van der Waals surface area (Å²) in [7, 11) is 0. The second-order valence-corrected chi connectivity index (χ2v) is 4.09. The van der Waals surface area contributed by atoms with Crippen LogP contribution in [0.5, 0.6) is 0 Å². The normalized spacial score (nSPS) is 10.1. The number of amides is 1. The molecule has 2 aromatic rings. The highest BCUT2D eigenvalue weighted by atomic mass is 35.5. The second-order valence-electron chi connectivity index (χ2n) is 3.66. The van der Waals surface area contributed by atoms with Crippen molar-refractivity contribution in [1.29, 1.82) is 0 Å². The first kappa shape index (κ1) is 12.3. The lowest BCUT2D eigenvalue weighted by atomic mass is 10.2. The first-order chi connectivity index (χ1) is 8.65. The van der Waals surface area contributed by atoms with Crippen LogP contribution in [0.25, 0.3) is 0 Å². The monoisotopic (exact) mass is 262 g/mol. The summed E-state index contributed by atoms with van der Waals surface area (Å²) >= 11 is 5.83. The molecule has 0 aliphatic rings. The zero-order valence-electron chi connectivity index (χ0n) is 9.43. The van der Waals surface area contributed by atoms with Crippen LogP contribution in [0.15, 0.2) is 36.8 Å². The number of nitrogens with one attached hydrogen (secondary N) is 1. The minimum absolute atomic E-state index is 0.247. The summed E-state index contributed by atoms with van der Waals surface area (Å²) in [4.78, 5) is 19.7. The molecule has 0 aliphatic carbocycles. The first-order valence-electron chi connectivity index (χ1n) is 5.24. The van der Waals surface area contributed by atoms with E-state index in [0.29, 0.717) is 22.8 Å². The van der Waals surface area contributed by atoms with Crippen LogP contribution in [-0.2, 0) is 6.54 Å². The average Bonchev–Trinajstić information content (AvgIpc) is 2.36. The second kappa shape index (κ2) is 5.46. The summed E-state index contributed by atoms with van der Waals surface area (Å²) in [6.07, 6.45) is 3.05. The molecule has 0 unspecified atom stereocenters. The van der Waals surface area contributed by atoms with Gasteiger partial charge in [-0.15, -0.1) is 0 Å². The van der Waals surface area contributed by atoms with E-state index in [2.05, 4.69) is 15.3 Å². The van der Waals surface area contributed by atoms with Crippen LogP contribution in [-0.4, -0.2) is 15.9 Å². The number of nitrogen functional groups attached to an aromatic ring is 1. The van der Waals surface area contributed by atoms with Crippen molar-refractivity contribution in [1.82, 2.24) is 15.3 Å². The van der Waals surface area contributed by atoms with Crippen molar-refractivity contribution in [3.8, 4) is 0 Å². The number of hydrogen-bond acceptors (Lipinski definition) is 4. The van der Waals surface area contributed by atoms with E-state index in [-0.39, 0.29) is 5.91 Å². The van der Waals surface area contributed by atoms with Crippen molar-refractivity contribution in [2.24, 2.45) is 0 Å². The summed E-state index contributed by atoms with van der Waals surface area (Å²) in [5, 5.41) is 3.16. The van der Waals surface area contributed by atoms with Gasteiger partial charge in [-0.2, -0.15) is 0 Å². The van der Waals surface area contributed by atoms with E-state index in [1.165, 1.54) is 6.33 Å². The molecule has 1 heterocycles. The highest BCUT2D eigenvalue weighted by Gasteiger charge is 2.07. The molecule has 0 aliphatic heterocycles. The molecule has 6 heteroatoms. The van der Waals surface area contributed by atoms with E-state index in [1.54, 1.807) is 30.5 Å². The zero-order chi connectivity index (χ0) is 13.0. The highest BCUT2D eigenvalue weighted by Crippen LogP contribution is 2.16. The van der Waals surface area contributed by atoms with Gasteiger partial charge in [-0.05, 0) is 24.3 Å². The van der Waals surface area contributed by atoms with E-state index in [1.807, 2.05) is 0 Å². The van der Waals surface area contributed by atoms with Gasteiger partial charge in [-0.3, -0.25) is 4.79 Å². The van der Waals surface area contributed by atoms with E-state index in [9.17, 15) is 4.79 Å². The van der Waals surface area contributed by atoms with Crippen molar-refractivity contribution in [3.63, 3.8) is 0 Å². The maximum absolute atomic E-state index is 11.9. The minimum Gasteiger partial charge on any atom is -0.399 e. The molecular formula is C12H11ClN4O. The van der Waals surface area contributed by atoms with Gasteiger partial charge in [-0.25, -0.2) is 9.97 Å². The molecule has 0 atom stereocenters. The molecule has 0 saturated heterocycles. The van der Waals surface area contributed by atoms with Gasteiger partial charge in [0.15, 0.2) is 0 Å². The molecule has 1 aromatic heterocycles. The number of rotatable bonds is 3. The minimum atomic E-state index is -0.247. The predicted octanol–water partition coefficient (Wildman–Crippen LogP) is 1.64. The Balaban J connectivity index is 2.04. The maximum atomic E-state index is 11.9. The van der Waals surface area contributed by atoms with Crippen LogP contribution in [0.1, 0.15) is 16.1 Å². The molecule has 1 amide bonds. The third-order valence-corrected chi connectivity index (χ3v) is 2.47. The summed E-state index contributed by atoms with van der Waals surface area (Å²) in [6.45, 7) is 0.327. The maximum Gasteiger partial charge on any atom is 0.251 e. The molecule has 92 valence electrons. The van der Waals surface area contributed by atoms with Crippen molar-refractivity contribution in [3.05, 3.63) is 53.1 Å². The molecule has 0 fully saturated rings. The number of nitrogens with two attached hydrogens (primary N) is 1. The number of aromatic nitrogens is 2. The molecule has 5 nitrogen and oxygen atoms in total. The molecule has 0 saturated carbocycles. The Kier molecular flexibility index (Phi) is 3.74. The third kappa shape index (κ3) is 3.18. The Morgan fingerprint density at radius 1 is 1.39 bits per heavy atom. The van der Waals surface area contributed by atoms with Gasteiger partial charge in [0.05, 0.1) is 12.2 Å². The number of benzene rings is 1. The smallest absolute Gasteiger partial charge is 0.251 e. The van der Waals surface area contributed by atoms with Gasteiger partial charge < -0.3 is 11.1 Å². The Labute approximate surface area is 109 Å². The van der Waals surface area contributed by atoms with E-state index in [4.69, 9.17) is 17.3 Å². The quantitative estimate of drug-likeness (QED) is 0.824. The fourth-order valence-electron chi connectivity index (χ4n) is 1.44. The third-order valence-electron chi connectivity index (χ3n) is 2.26. The average molecular weight is 263 g/mol. The van der Waals surface area contributed by atoms with Gasteiger partial charge in [0.1, 0.15) is 6.33 Å². The molecular weight excluding hydrogens is 252 g/mol. The summed E-state index contributed by atoms with van der Waals surface area (Å²) in [5.41, 5.74) is 7.23. The standard InChI is InChI=1S/C12H11ClN4O/c13-9-3-8(4-10(14)5-9)12(18)16-6-11-1-2-15-7-17-11/h1-5,7H,6,14H2,(H,16,18). The number of carbonyl (C=O) groups is 1. The molecule has 0 bridgehead atoms. The van der Waals surface area contributed by atoms with Crippen molar-refractivity contribution in [2.75, 3.05) is 5.73 Å². The Hall–Kier alpha value is -2.14. The summed E-state index contributed by atoms with van der Waals surface area (Å²) in [6, 6.07) is 6.45. The first-order valence-corrected chi connectivity index (χ1v) is 5.62. The SMILES string of the molecule is Nc1cc(Cl)cc(C(=O)NCc2ccncn2)c1. The fourth-order valence-corrected chi connectivity index (χ4v) is 1.68. The van der Waals surface area contributed by atoms with Crippen molar-refractivity contribution >= 4 is 23.2 Å². The van der Waals surface area contributed by atoms with E-state index >= 15 is 0 Å². The molecule has 0 radical (unpaired) electrons. The number of halogens is 1. The van der Waals surface area contributed by atoms with Gasteiger partial charge in [0.2, 0.25) is 0 Å². The van der Waals surface area contributed by atoms with Crippen LogP contribution in [0.4, 0.5) is 5.69 Å². The van der Waals surface area contributed by atoms with Crippen LogP contribution in [0.3, 0.4) is 0 Å². The summed E-state index contributed by atoms with van der Waals surface area (Å²) in [5.74, 6) is -0.247. The van der Waals surface area contributed by atoms with E-state index < -0.39 is 0 Å². The lowest BCUT2D eigenvalue weighted by Gasteiger charge is -2.06. The summed E-state index contributed by atoms with van der Waals surface area (Å²) < 4.78 is 0. The van der Waals surface area contributed by atoms with Gasteiger partial charge in [0.25, 0.3) is 5.91 Å². The Bertz CT molecular complexity index is 539. The van der Waals surface area contributed by atoms with Gasteiger partial charge >= 0.3 is 0 Å². The van der Waals surface area contributed by atoms with Crippen LogP contribution in [0, 0.1) is 0 Å². The highest BCUT2D eigenvalue weighted by molar-refractivity contribution is 6.31. The van der Waals surface area contributed by atoms with Crippen molar-refractivity contribution in [2.45, 2.75) is 6.54 Å². The molecule has 1 aromatic carbocycles. The predicted molar refractivity (Wildman–Crippen MR) is 69.1 cm³/mol. The molecule has 18 heavy (non-hydrogen) atoms. The molecule has 0 spiro atoms. The fraction of sp³-hybridized carbons (Fsp3) is 0.0833. The van der Waals surface area contributed by atoms with E-state index in [0.717, 1.165) is 5.69 Å².